The van der Waals surface area contributed by atoms with Gasteiger partial charge >= 0.3 is 5.97 Å². The van der Waals surface area contributed by atoms with Crippen molar-refractivity contribution in [2.75, 3.05) is 17.6 Å². The van der Waals surface area contributed by atoms with Crippen molar-refractivity contribution in [2.45, 2.75) is 20.3 Å². The van der Waals surface area contributed by atoms with Crippen molar-refractivity contribution in [3.63, 3.8) is 0 Å². The molecule has 1 aromatic heterocycles. The molecule has 7 nitrogen and oxygen atoms in total. The summed E-state index contributed by atoms with van der Waals surface area (Å²) in [7, 11) is -0.686. The van der Waals surface area contributed by atoms with Crippen LogP contribution in [-0.2, 0) is 21.8 Å². The van der Waals surface area contributed by atoms with Gasteiger partial charge in [-0.05, 0) is 13.3 Å². The molecule has 0 saturated heterocycles. The third-order valence-electron chi connectivity index (χ3n) is 2.33. The maximum absolute atomic E-state index is 11.7. The van der Waals surface area contributed by atoms with Gasteiger partial charge in [-0.2, -0.15) is 5.10 Å². The number of nitrogens with one attached hydrogen (secondary N) is 1. The molecule has 0 radical (unpaired) electrons. The first-order chi connectivity index (χ1) is 8.32. The number of carbonyl (C=O) groups is 1. The van der Waals surface area contributed by atoms with Crippen molar-refractivity contribution in [2.24, 2.45) is 7.05 Å². The predicted octanol–water partition coefficient (Wildman–Crippen LogP) is 0.667. The Kier molecular flexibility index (Phi) is 4.33. The number of anilines is 1. The van der Waals surface area contributed by atoms with E-state index in [0.29, 0.717) is 12.1 Å². The molecule has 0 aliphatic heterocycles. The van der Waals surface area contributed by atoms with Crippen LogP contribution in [0.2, 0.25) is 0 Å². The second kappa shape index (κ2) is 5.38. The van der Waals surface area contributed by atoms with E-state index in [2.05, 4.69) is 14.6 Å². The molecule has 0 bridgehead atoms. The van der Waals surface area contributed by atoms with Gasteiger partial charge < -0.3 is 4.74 Å². The molecular formula is C10H17N3O4S. The number of ether oxygens (including phenoxy) is 1. The minimum absolute atomic E-state index is 0.0120. The monoisotopic (exact) mass is 275 g/mol. The zero-order valence-corrected chi connectivity index (χ0v) is 11.7. The van der Waals surface area contributed by atoms with Crippen LogP contribution in [0.5, 0.6) is 0 Å². The lowest BCUT2D eigenvalue weighted by Crippen LogP contribution is -2.19. The van der Waals surface area contributed by atoms with E-state index in [1.165, 1.54) is 11.8 Å². The topological polar surface area (TPSA) is 90.3 Å². The number of aryl methyl sites for hydroxylation is 2. The molecule has 0 fully saturated rings. The number of aromatic nitrogens is 2. The first kappa shape index (κ1) is 14.5. The van der Waals surface area contributed by atoms with Gasteiger partial charge in [-0.25, -0.2) is 13.2 Å². The van der Waals surface area contributed by atoms with Crippen LogP contribution in [0.1, 0.15) is 29.5 Å². The van der Waals surface area contributed by atoms with E-state index in [1.54, 1.807) is 20.9 Å². The van der Waals surface area contributed by atoms with E-state index in [-0.39, 0.29) is 17.1 Å². The van der Waals surface area contributed by atoms with Gasteiger partial charge in [0.15, 0.2) is 5.69 Å². The summed E-state index contributed by atoms with van der Waals surface area (Å²) in [6.07, 6.45) is 0.488. The van der Waals surface area contributed by atoms with Crippen molar-refractivity contribution in [1.82, 2.24) is 9.78 Å². The lowest BCUT2D eigenvalue weighted by molar-refractivity contribution is 0.0589. The molecule has 0 aliphatic rings. The number of methoxy groups -OCH3 is 1. The van der Waals surface area contributed by atoms with Gasteiger partial charge in [0.1, 0.15) is 5.69 Å². The molecule has 1 N–H and O–H groups in total. The van der Waals surface area contributed by atoms with E-state index in [9.17, 15) is 13.2 Å². The van der Waals surface area contributed by atoms with Gasteiger partial charge in [0.2, 0.25) is 10.0 Å². The summed E-state index contributed by atoms with van der Waals surface area (Å²) in [5.74, 6) is -0.644. The summed E-state index contributed by atoms with van der Waals surface area (Å²) >= 11 is 0. The normalized spacial score (nSPS) is 11.3. The predicted molar refractivity (Wildman–Crippen MR) is 67.0 cm³/mol. The van der Waals surface area contributed by atoms with Crippen LogP contribution in [0.3, 0.4) is 0 Å². The maximum atomic E-state index is 11.7. The first-order valence-electron chi connectivity index (χ1n) is 5.44. The zero-order valence-electron chi connectivity index (χ0n) is 10.8. The Morgan fingerprint density at radius 3 is 2.61 bits per heavy atom. The Bertz CT molecular complexity index is 548. The van der Waals surface area contributed by atoms with E-state index in [4.69, 9.17) is 0 Å². The molecule has 102 valence electrons. The molecule has 0 atom stereocenters. The molecule has 1 rings (SSSR count). The lowest BCUT2D eigenvalue weighted by Gasteiger charge is -2.08. The smallest absolute Gasteiger partial charge is 0.358 e. The largest absolute Gasteiger partial charge is 0.464 e. The summed E-state index contributed by atoms with van der Waals surface area (Å²) in [4.78, 5) is 11.6. The van der Waals surface area contributed by atoms with E-state index in [1.807, 2.05) is 0 Å². The van der Waals surface area contributed by atoms with Crippen molar-refractivity contribution in [3.8, 4) is 0 Å². The fourth-order valence-electron chi connectivity index (χ4n) is 1.59. The van der Waals surface area contributed by atoms with Crippen LogP contribution in [0, 0.1) is 6.92 Å². The van der Waals surface area contributed by atoms with Gasteiger partial charge in [-0.3, -0.25) is 9.40 Å². The Morgan fingerprint density at radius 2 is 2.11 bits per heavy atom. The number of carbonyl (C=O) groups excluding carboxylic acids is 1. The SMILES string of the molecule is CCCS(=O)(=O)Nc1c(C)nn(C)c1C(=O)OC. The van der Waals surface area contributed by atoms with Crippen molar-refractivity contribution in [3.05, 3.63) is 11.4 Å². The summed E-state index contributed by atoms with van der Waals surface area (Å²) < 4.78 is 31.7. The van der Waals surface area contributed by atoms with E-state index < -0.39 is 16.0 Å². The number of hydrogen-bond acceptors (Lipinski definition) is 5. The number of esters is 1. The minimum Gasteiger partial charge on any atom is -0.464 e. The van der Waals surface area contributed by atoms with Gasteiger partial charge in [-0.15, -0.1) is 0 Å². The Hall–Kier alpha value is -1.57. The summed E-state index contributed by atoms with van der Waals surface area (Å²) in [6.45, 7) is 3.38. The molecule has 8 heteroatoms. The fourth-order valence-corrected chi connectivity index (χ4v) is 2.78. The van der Waals surface area contributed by atoms with Crippen LogP contribution >= 0.6 is 0 Å². The Balaban J connectivity index is 3.20. The third-order valence-corrected chi connectivity index (χ3v) is 3.79. The van der Waals surface area contributed by atoms with Crippen LogP contribution in [0.4, 0.5) is 5.69 Å². The highest BCUT2D eigenvalue weighted by Crippen LogP contribution is 2.22. The van der Waals surface area contributed by atoms with Crippen LogP contribution in [0.15, 0.2) is 0 Å². The molecule has 0 aromatic carbocycles. The molecule has 0 aliphatic carbocycles. The first-order valence-corrected chi connectivity index (χ1v) is 7.10. The minimum atomic E-state index is -3.47. The van der Waals surface area contributed by atoms with E-state index >= 15 is 0 Å². The second-order valence-corrected chi connectivity index (χ2v) is 5.69. The van der Waals surface area contributed by atoms with Crippen molar-refractivity contribution >= 4 is 21.7 Å². The molecule has 0 saturated carbocycles. The van der Waals surface area contributed by atoms with Gasteiger partial charge in [0, 0.05) is 7.05 Å². The Labute approximate surface area is 106 Å². The summed E-state index contributed by atoms with van der Waals surface area (Å²) in [6, 6.07) is 0. The fraction of sp³-hybridized carbons (Fsp3) is 0.600. The molecule has 0 amide bonds. The zero-order chi connectivity index (χ0) is 13.9. The molecule has 1 heterocycles. The highest BCUT2D eigenvalue weighted by molar-refractivity contribution is 7.92. The van der Waals surface area contributed by atoms with Crippen molar-refractivity contribution < 1.29 is 17.9 Å². The number of sulfonamides is 1. The molecular weight excluding hydrogens is 258 g/mol. The summed E-state index contributed by atoms with van der Waals surface area (Å²) in [5, 5.41) is 4.01. The van der Waals surface area contributed by atoms with E-state index in [0.717, 1.165) is 0 Å². The second-order valence-electron chi connectivity index (χ2n) is 3.85. The highest BCUT2D eigenvalue weighted by atomic mass is 32.2. The average molecular weight is 275 g/mol. The standard InChI is InChI=1S/C10H17N3O4S/c1-5-6-18(15,16)12-8-7(2)11-13(3)9(8)10(14)17-4/h12H,5-6H2,1-4H3. The highest BCUT2D eigenvalue weighted by Gasteiger charge is 2.24. The Morgan fingerprint density at radius 1 is 1.50 bits per heavy atom. The molecule has 1 aromatic rings. The van der Waals surface area contributed by atoms with Crippen LogP contribution in [-0.4, -0.2) is 37.0 Å². The van der Waals surface area contributed by atoms with Crippen LogP contribution in [0.25, 0.3) is 0 Å². The average Bonchev–Trinajstić information content (AvgIpc) is 2.52. The summed E-state index contributed by atoms with van der Waals surface area (Å²) in [5.41, 5.74) is 0.699. The lowest BCUT2D eigenvalue weighted by atomic mass is 10.3. The maximum Gasteiger partial charge on any atom is 0.358 e. The van der Waals surface area contributed by atoms with Gasteiger partial charge in [0.25, 0.3) is 0 Å². The number of nitrogens with zero attached hydrogens (tertiary/aromatic N) is 2. The third kappa shape index (κ3) is 3.00. The van der Waals surface area contributed by atoms with Gasteiger partial charge in [-0.1, -0.05) is 6.92 Å². The molecule has 0 spiro atoms. The van der Waals surface area contributed by atoms with Crippen molar-refractivity contribution in [1.29, 1.82) is 0 Å². The number of rotatable bonds is 5. The van der Waals surface area contributed by atoms with Crippen LogP contribution < -0.4 is 4.72 Å². The number of hydrogen-bond donors (Lipinski definition) is 1. The molecule has 18 heavy (non-hydrogen) atoms. The molecule has 0 unspecified atom stereocenters. The van der Waals surface area contributed by atoms with Gasteiger partial charge in [0.05, 0.1) is 18.6 Å². The quantitative estimate of drug-likeness (QED) is 0.797.